The Kier molecular flexibility index (Phi) is 4.37. The van der Waals surface area contributed by atoms with Crippen LogP contribution in [0.4, 0.5) is 0 Å². The van der Waals surface area contributed by atoms with Gasteiger partial charge in [0.1, 0.15) is 4.88 Å². The van der Waals surface area contributed by atoms with E-state index < -0.39 is 0 Å². The summed E-state index contributed by atoms with van der Waals surface area (Å²) in [5.41, 5.74) is 0. The lowest BCUT2D eigenvalue weighted by Crippen LogP contribution is -2.37. The highest BCUT2D eigenvalue weighted by Crippen LogP contribution is 2.22. The second-order valence-electron chi connectivity index (χ2n) is 4.02. The molecule has 16 heavy (non-hydrogen) atoms. The Balaban J connectivity index is 1.81. The van der Waals surface area contributed by atoms with E-state index >= 15 is 0 Å². The largest absolute Gasteiger partial charge is 0.351 e. The van der Waals surface area contributed by atoms with Crippen LogP contribution in [0.2, 0.25) is 0 Å². The fourth-order valence-corrected chi connectivity index (χ4v) is 3.34. The van der Waals surface area contributed by atoms with Crippen molar-refractivity contribution in [1.29, 1.82) is 0 Å². The van der Waals surface area contributed by atoms with Crippen molar-refractivity contribution in [2.75, 3.05) is 19.6 Å². The first-order valence-electron chi connectivity index (χ1n) is 5.49. The van der Waals surface area contributed by atoms with Gasteiger partial charge >= 0.3 is 0 Å². The molecule has 3 nitrogen and oxygen atoms in total. The van der Waals surface area contributed by atoms with Crippen LogP contribution in [0.5, 0.6) is 0 Å². The van der Waals surface area contributed by atoms with Gasteiger partial charge < -0.3 is 10.6 Å². The number of amides is 1. The Morgan fingerprint density at radius 2 is 2.56 bits per heavy atom. The van der Waals surface area contributed by atoms with Gasteiger partial charge in [0, 0.05) is 11.0 Å². The number of nitrogens with one attached hydrogen (secondary N) is 2. The molecule has 1 aliphatic rings. The predicted molar refractivity (Wildman–Crippen MR) is 69.9 cm³/mol. The second kappa shape index (κ2) is 5.80. The Morgan fingerprint density at radius 3 is 3.19 bits per heavy atom. The van der Waals surface area contributed by atoms with E-state index in [1.807, 2.05) is 11.4 Å². The lowest BCUT2D eigenvalue weighted by Gasteiger charge is -2.22. The van der Waals surface area contributed by atoms with Gasteiger partial charge in [-0.3, -0.25) is 4.79 Å². The molecule has 1 fully saturated rings. The van der Waals surface area contributed by atoms with E-state index in [4.69, 9.17) is 0 Å². The van der Waals surface area contributed by atoms with Crippen molar-refractivity contribution in [1.82, 2.24) is 10.6 Å². The van der Waals surface area contributed by atoms with Gasteiger partial charge in [-0.15, -0.1) is 11.3 Å². The molecule has 0 unspecified atom stereocenters. The molecule has 1 aliphatic heterocycles. The number of thiophene rings is 1. The first-order chi connectivity index (χ1) is 7.77. The molecule has 2 heterocycles. The van der Waals surface area contributed by atoms with E-state index in [0.29, 0.717) is 5.92 Å². The van der Waals surface area contributed by atoms with Gasteiger partial charge in [0.05, 0.1) is 0 Å². The van der Waals surface area contributed by atoms with Crippen LogP contribution < -0.4 is 10.6 Å². The third kappa shape index (κ3) is 3.06. The minimum Gasteiger partial charge on any atom is -0.351 e. The van der Waals surface area contributed by atoms with Gasteiger partial charge in [0.25, 0.3) is 5.91 Å². The van der Waals surface area contributed by atoms with E-state index in [2.05, 4.69) is 26.6 Å². The molecule has 0 aromatic carbocycles. The number of halogens is 1. The molecule has 5 heteroatoms. The fraction of sp³-hybridized carbons (Fsp3) is 0.545. The zero-order valence-corrected chi connectivity index (χ0v) is 11.4. The van der Waals surface area contributed by atoms with Gasteiger partial charge in [-0.05, 0) is 59.2 Å². The Hall–Kier alpha value is -0.390. The molecular weight excluding hydrogens is 288 g/mol. The Bertz CT molecular complexity index is 361. The van der Waals surface area contributed by atoms with Crippen molar-refractivity contribution in [3.05, 3.63) is 20.8 Å². The third-order valence-electron chi connectivity index (χ3n) is 2.77. The molecule has 1 aromatic rings. The first-order valence-corrected chi connectivity index (χ1v) is 7.16. The molecule has 1 aromatic heterocycles. The summed E-state index contributed by atoms with van der Waals surface area (Å²) in [5.74, 6) is 0.615. The summed E-state index contributed by atoms with van der Waals surface area (Å²) in [7, 11) is 0. The molecule has 2 N–H and O–H groups in total. The quantitative estimate of drug-likeness (QED) is 0.899. The van der Waals surface area contributed by atoms with Gasteiger partial charge in [-0.2, -0.15) is 0 Å². The molecular formula is C11H15BrN2OS. The zero-order chi connectivity index (χ0) is 11.4. The van der Waals surface area contributed by atoms with Gasteiger partial charge in [0.15, 0.2) is 0 Å². The molecule has 88 valence electrons. The highest BCUT2D eigenvalue weighted by Gasteiger charge is 2.16. The van der Waals surface area contributed by atoms with E-state index in [1.165, 1.54) is 24.2 Å². The van der Waals surface area contributed by atoms with Gasteiger partial charge in [0.2, 0.25) is 0 Å². The topological polar surface area (TPSA) is 41.1 Å². The number of rotatable bonds is 3. The monoisotopic (exact) mass is 302 g/mol. The second-order valence-corrected chi connectivity index (χ2v) is 5.79. The summed E-state index contributed by atoms with van der Waals surface area (Å²) in [4.78, 5) is 12.6. The minimum absolute atomic E-state index is 0.0347. The Morgan fingerprint density at radius 1 is 1.69 bits per heavy atom. The highest BCUT2D eigenvalue weighted by molar-refractivity contribution is 9.10. The average molecular weight is 303 g/mol. The molecule has 1 amide bonds. The van der Waals surface area contributed by atoms with Crippen molar-refractivity contribution >= 4 is 33.2 Å². The van der Waals surface area contributed by atoms with Crippen LogP contribution in [-0.2, 0) is 0 Å². The van der Waals surface area contributed by atoms with Crippen LogP contribution >= 0.6 is 27.3 Å². The third-order valence-corrected chi connectivity index (χ3v) is 4.61. The maximum atomic E-state index is 11.8. The summed E-state index contributed by atoms with van der Waals surface area (Å²) in [5, 5.41) is 8.26. The van der Waals surface area contributed by atoms with Crippen molar-refractivity contribution < 1.29 is 4.79 Å². The highest BCUT2D eigenvalue weighted by atomic mass is 79.9. The SMILES string of the molecule is O=C(NC[C@@H]1CCCNC1)c1sccc1Br. The lowest BCUT2D eigenvalue weighted by atomic mass is 10.00. The van der Waals surface area contributed by atoms with Gasteiger partial charge in [-0.25, -0.2) is 0 Å². The molecule has 0 aliphatic carbocycles. The zero-order valence-electron chi connectivity index (χ0n) is 8.96. The first kappa shape index (κ1) is 12.1. The fourth-order valence-electron chi connectivity index (χ4n) is 1.87. The molecule has 0 spiro atoms. The number of carbonyl (C=O) groups excluding carboxylic acids is 1. The maximum Gasteiger partial charge on any atom is 0.262 e. The molecule has 0 saturated carbocycles. The summed E-state index contributed by atoms with van der Waals surface area (Å²) < 4.78 is 0.886. The molecule has 0 radical (unpaired) electrons. The number of piperidine rings is 1. The van der Waals surface area contributed by atoms with E-state index in [-0.39, 0.29) is 5.91 Å². The van der Waals surface area contributed by atoms with Crippen molar-refractivity contribution in [2.24, 2.45) is 5.92 Å². The van der Waals surface area contributed by atoms with Crippen LogP contribution in [0.25, 0.3) is 0 Å². The van der Waals surface area contributed by atoms with E-state index in [0.717, 1.165) is 29.0 Å². The number of hydrogen-bond donors (Lipinski definition) is 2. The average Bonchev–Trinajstić information content (AvgIpc) is 2.74. The molecule has 0 bridgehead atoms. The van der Waals surface area contributed by atoms with E-state index in [1.54, 1.807) is 0 Å². The molecule has 1 saturated heterocycles. The predicted octanol–water partition coefficient (Wildman–Crippen LogP) is 2.24. The summed E-state index contributed by atoms with van der Waals surface area (Å²) in [6.45, 7) is 2.91. The number of carbonyl (C=O) groups is 1. The normalized spacial score (nSPS) is 20.7. The lowest BCUT2D eigenvalue weighted by molar-refractivity contribution is 0.0948. The van der Waals surface area contributed by atoms with Crippen LogP contribution in [-0.4, -0.2) is 25.5 Å². The summed E-state index contributed by atoms with van der Waals surface area (Å²) in [6.07, 6.45) is 2.42. The van der Waals surface area contributed by atoms with Crippen LogP contribution in [0, 0.1) is 5.92 Å². The van der Waals surface area contributed by atoms with Crippen LogP contribution in [0.3, 0.4) is 0 Å². The Labute approximate surface area is 108 Å². The summed E-state index contributed by atoms with van der Waals surface area (Å²) >= 11 is 4.84. The van der Waals surface area contributed by atoms with Crippen molar-refractivity contribution in [3.63, 3.8) is 0 Å². The van der Waals surface area contributed by atoms with Crippen molar-refractivity contribution in [3.8, 4) is 0 Å². The summed E-state index contributed by atoms with van der Waals surface area (Å²) in [6, 6.07) is 1.90. The molecule has 2 rings (SSSR count). The molecule has 1 atom stereocenters. The van der Waals surface area contributed by atoms with E-state index in [9.17, 15) is 4.79 Å². The van der Waals surface area contributed by atoms with Gasteiger partial charge in [-0.1, -0.05) is 0 Å². The van der Waals surface area contributed by atoms with Crippen LogP contribution in [0.1, 0.15) is 22.5 Å². The number of hydrogen-bond acceptors (Lipinski definition) is 3. The van der Waals surface area contributed by atoms with Crippen molar-refractivity contribution in [2.45, 2.75) is 12.8 Å². The smallest absolute Gasteiger partial charge is 0.262 e. The standard InChI is InChI=1S/C11H15BrN2OS/c12-9-3-5-16-10(9)11(15)14-7-8-2-1-4-13-6-8/h3,5,8,13H,1-2,4,6-7H2,(H,14,15)/t8-/m1/s1. The van der Waals surface area contributed by atoms with Crippen LogP contribution in [0.15, 0.2) is 15.9 Å². The maximum absolute atomic E-state index is 11.8. The minimum atomic E-state index is 0.0347.